The molecule has 0 aliphatic rings. The Balaban J connectivity index is -0.000000409. The van der Waals surface area contributed by atoms with Crippen molar-refractivity contribution in [3.8, 4) is 0 Å². The lowest BCUT2D eigenvalue weighted by molar-refractivity contribution is 0.744. The van der Waals surface area contributed by atoms with Crippen LogP contribution in [0.5, 0.6) is 0 Å². The van der Waals surface area contributed by atoms with Gasteiger partial charge in [0.1, 0.15) is 0 Å². The van der Waals surface area contributed by atoms with Gasteiger partial charge in [-0.2, -0.15) is 0 Å². The SMILES string of the molecule is CC.CC.CCc1ccc(CCCCN)cc1.[HH]. The van der Waals surface area contributed by atoms with E-state index < -0.39 is 0 Å². The summed E-state index contributed by atoms with van der Waals surface area (Å²) in [6.45, 7) is 11.0. The number of unbranched alkanes of at least 4 members (excludes halogenated alkanes) is 1. The summed E-state index contributed by atoms with van der Waals surface area (Å²) in [5.74, 6) is 0. The molecule has 0 aromatic heterocycles. The van der Waals surface area contributed by atoms with Crippen molar-refractivity contribution < 1.29 is 1.43 Å². The predicted molar refractivity (Wildman–Crippen MR) is 82.6 cm³/mol. The summed E-state index contributed by atoms with van der Waals surface area (Å²) in [6.07, 6.45) is 4.64. The van der Waals surface area contributed by atoms with E-state index in [1.165, 1.54) is 24.0 Å². The van der Waals surface area contributed by atoms with E-state index in [2.05, 4.69) is 31.2 Å². The molecule has 0 bridgehead atoms. The minimum atomic E-state index is 0. The number of aryl methyl sites for hydroxylation is 2. The van der Waals surface area contributed by atoms with Gasteiger partial charge in [0.2, 0.25) is 0 Å². The maximum atomic E-state index is 5.44. The summed E-state index contributed by atoms with van der Waals surface area (Å²) in [6, 6.07) is 8.90. The molecule has 1 heteroatoms. The lowest BCUT2D eigenvalue weighted by Gasteiger charge is -2.01. The van der Waals surface area contributed by atoms with E-state index >= 15 is 0 Å². The van der Waals surface area contributed by atoms with Gasteiger partial charge in [-0.25, -0.2) is 0 Å². The van der Waals surface area contributed by atoms with Crippen LogP contribution in [0.1, 0.15) is 60.0 Å². The van der Waals surface area contributed by atoms with Crippen molar-refractivity contribution in [2.75, 3.05) is 6.54 Å². The summed E-state index contributed by atoms with van der Waals surface area (Å²) in [5.41, 5.74) is 8.29. The van der Waals surface area contributed by atoms with Crippen molar-refractivity contribution in [3.05, 3.63) is 35.4 Å². The number of benzene rings is 1. The molecule has 0 fully saturated rings. The average Bonchev–Trinajstić information content (AvgIpc) is 2.44. The van der Waals surface area contributed by atoms with Crippen LogP contribution in [-0.2, 0) is 12.8 Å². The van der Waals surface area contributed by atoms with E-state index in [0.717, 1.165) is 19.4 Å². The smallest absolute Gasteiger partial charge is 0 e. The van der Waals surface area contributed by atoms with Crippen molar-refractivity contribution in [2.45, 2.75) is 60.3 Å². The van der Waals surface area contributed by atoms with Gasteiger partial charge in [-0.15, -0.1) is 0 Å². The lowest BCUT2D eigenvalue weighted by Crippen LogP contribution is -1.98. The van der Waals surface area contributed by atoms with Gasteiger partial charge in [0, 0.05) is 1.43 Å². The van der Waals surface area contributed by atoms with Gasteiger partial charge in [-0.3, -0.25) is 0 Å². The molecule has 102 valence electrons. The Labute approximate surface area is 110 Å². The summed E-state index contributed by atoms with van der Waals surface area (Å²) in [4.78, 5) is 0. The predicted octanol–water partition coefficient (Wildman–Crippen LogP) is 4.83. The van der Waals surface area contributed by atoms with E-state index in [1.807, 2.05) is 27.7 Å². The molecular formula is C16H33N. The van der Waals surface area contributed by atoms with E-state index in [-0.39, 0.29) is 1.43 Å². The van der Waals surface area contributed by atoms with Crippen LogP contribution in [0.2, 0.25) is 0 Å². The third kappa shape index (κ3) is 10.1. The van der Waals surface area contributed by atoms with Crippen LogP contribution in [0.4, 0.5) is 0 Å². The van der Waals surface area contributed by atoms with Crippen LogP contribution in [0.25, 0.3) is 0 Å². The number of hydrogen-bond acceptors (Lipinski definition) is 1. The van der Waals surface area contributed by atoms with Crippen LogP contribution < -0.4 is 5.73 Å². The highest BCUT2D eigenvalue weighted by molar-refractivity contribution is 5.22. The molecular weight excluding hydrogens is 206 g/mol. The molecule has 0 aliphatic carbocycles. The third-order valence-electron chi connectivity index (χ3n) is 2.35. The molecule has 2 N–H and O–H groups in total. The average molecular weight is 239 g/mol. The van der Waals surface area contributed by atoms with E-state index in [4.69, 9.17) is 5.73 Å². The molecule has 0 amide bonds. The fraction of sp³-hybridized carbons (Fsp3) is 0.625. The second-order valence-electron chi connectivity index (χ2n) is 3.42. The van der Waals surface area contributed by atoms with Gasteiger partial charge in [0.05, 0.1) is 0 Å². The highest BCUT2D eigenvalue weighted by Crippen LogP contribution is 2.07. The molecule has 0 saturated heterocycles. The van der Waals surface area contributed by atoms with Crippen LogP contribution in [-0.4, -0.2) is 6.54 Å². The summed E-state index contributed by atoms with van der Waals surface area (Å²) in [7, 11) is 0. The van der Waals surface area contributed by atoms with Gasteiger partial charge in [0.15, 0.2) is 0 Å². The minimum Gasteiger partial charge on any atom is -0.330 e. The van der Waals surface area contributed by atoms with Gasteiger partial charge in [-0.1, -0.05) is 58.9 Å². The fourth-order valence-corrected chi connectivity index (χ4v) is 1.42. The quantitative estimate of drug-likeness (QED) is 0.732. The Hall–Kier alpha value is -0.820. The number of hydrogen-bond donors (Lipinski definition) is 1. The third-order valence-corrected chi connectivity index (χ3v) is 2.35. The van der Waals surface area contributed by atoms with Crippen molar-refractivity contribution in [2.24, 2.45) is 5.73 Å². The normalized spacial score (nSPS) is 8.59. The largest absolute Gasteiger partial charge is 0.330 e. The van der Waals surface area contributed by atoms with Crippen molar-refractivity contribution >= 4 is 0 Å². The van der Waals surface area contributed by atoms with Gasteiger partial charge in [-0.05, 0) is 43.4 Å². The van der Waals surface area contributed by atoms with Crippen LogP contribution in [0.15, 0.2) is 24.3 Å². The monoisotopic (exact) mass is 239 g/mol. The van der Waals surface area contributed by atoms with Gasteiger partial charge in [0.25, 0.3) is 0 Å². The Kier molecular flexibility index (Phi) is 16.6. The Bertz CT molecular complexity index is 231. The molecule has 0 saturated carbocycles. The summed E-state index contributed by atoms with van der Waals surface area (Å²) >= 11 is 0. The van der Waals surface area contributed by atoms with Crippen LogP contribution in [0, 0.1) is 0 Å². The fourth-order valence-electron chi connectivity index (χ4n) is 1.42. The van der Waals surface area contributed by atoms with E-state index in [1.54, 1.807) is 0 Å². The van der Waals surface area contributed by atoms with Crippen LogP contribution in [0.3, 0.4) is 0 Å². The van der Waals surface area contributed by atoms with Gasteiger partial charge < -0.3 is 5.73 Å². The Morgan fingerprint density at radius 2 is 1.35 bits per heavy atom. The molecule has 1 nitrogen and oxygen atoms in total. The highest BCUT2D eigenvalue weighted by atomic mass is 14.5. The Morgan fingerprint density at radius 1 is 0.882 bits per heavy atom. The molecule has 0 radical (unpaired) electrons. The number of nitrogens with two attached hydrogens (primary N) is 1. The highest BCUT2D eigenvalue weighted by Gasteiger charge is 1.93. The molecule has 1 rings (SSSR count). The second-order valence-corrected chi connectivity index (χ2v) is 3.42. The molecule has 0 atom stereocenters. The van der Waals surface area contributed by atoms with Crippen LogP contribution >= 0.6 is 0 Å². The minimum absolute atomic E-state index is 0. The molecule has 1 aromatic carbocycles. The molecule has 0 aliphatic heterocycles. The van der Waals surface area contributed by atoms with Crippen molar-refractivity contribution in [1.82, 2.24) is 0 Å². The second kappa shape index (κ2) is 15.2. The Morgan fingerprint density at radius 3 is 1.76 bits per heavy atom. The molecule has 0 unspecified atom stereocenters. The standard InChI is InChI=1S/C12H19N.2C2H6.H2/c1-2-11-6-8-12(9-7-11)5-3-4-10-13;2*1-2;/h6-9H,2-5,10,13H2,1H3;2*1-2H3;1H. The zero-order valence-corrected chi connectivity index (χ0v) is 12.4. The van der Waals surface area contributed by atoms with Gasteiger partial charge >= 0.3 is 0 Å². The summed E-state index contributed by atoms with van der Waals surface area (Å²) < 4.78 is 0. The maximum absolute atomic E-state index is 5.44. The first-order valence-electron chi connectivity index (χ1n) is 7.14. The lowest BCUT2D eigenvalue weighted by atomic mass is 10.1. The molecule has 0 spiro atoms. The molecule has 1 aromatic rings. The van der Waals surface area contributed by atoms with Crippen molar-refractivity contribution in [1.29, 1.82) is 0 Å². The van der Waals surface area contributed by atoms with Crippen molar-refractivity contribution in [3.63, 3.8) is 0 Å². The molecule has 17 heavy (non-hydrogen) atoms. The molecule has 0 heterocycles. The topological polar surface area (TPSA) is 26.0 Å². The first kappa shape index (κ1) is 18.5. The summed E-state index contributed by atoms with van der Waals surface area (Å²) in [5, 5.41) is 0. The maximum Gasteiger partial charge on any atom is 0 e. The first-order valence-corrected chi connectivity index (χ1v) is 7.14. The van der Waals surface area contributed by atoms with E-state index in [0.29, 0.717) is 0 Å². The van der Waals surface area contributed by atoms with E-state index in [9.17, 15) is 0 Å². The zero-order chi connectivity index (χ0) is 13.5. The first-order chi connectivity index (χ1) is 8.36. The zero-order valence-electron chi connectivity index (χ0n) is 12.4. The number of rotatable bonds is 5.